The number of rotatable bonds is 6. The highest BCUT2D eigenvalue weighted by molar-refractivity contribution is 5.94. The molecule has 0 bridgehead atoms. The normalized spacial score (nSPS) is 15.4. The fourth-order valence-electron chi connectivity index (χ4n) is 3.49. The molecule has 2 heterocycles. The molecule has 0 spiro atoms. The molecule has 3 rings (SSSR count). The first-order chi connectivity index (χ1) is 14.3. The molecule has 2 amide bonds. The first kappa shape index (κ1) is 21.5. The third-order valence-corrected chi connectivity index (χ3v) is 5.25. The van der Waals surface area contributed by atoms with Crippen molar-refractivity contribution in [2.75, 3.05) is 18.4 Å². The summed E-state index contributed by atoms with van der Waals surface area (Å²) in [5, 5.41) is 2.86. The SMILES string of the molecule is CC(=O)c1cccc(OC(C)C(=O)N2CCC(C(=O)Nc3cc(C)ccn3)CC2)c1. The Balaban J connectivity index is 1.51. The average molecular weight is 409 g/mol. The van der Waals surface area contributed by atoms with E-state index < -0.39 is 6.10 Å². The number of amides is 2. The summed E-state index contributed by atoms with van der Waals surface area (Å²) in [4.78, 5) is 42.7. The van der Waals surface area contributed by atoms with Crippen LogP contribution in [0.2, 0.25) is 0 Å². The van der Waals surface area contributed by atoms with E-state index in [-0.39, 0.29) is 23.5 Å². The summed E-state index contributed by atoms with van der Waals surface area (Å²) in [5.74, 6) is 0.644. The maximum absolute atomic E-state index is 12.7. The molecule has 1 atom stereocenters. The number of hydrogen-bond acceptors (Lipinski definition) is 5. The van der Waals surface area contributed by atoms with E-state index in [2.05, 4.69) is 10.3 Å². The summed E-state index contributed by atoms with van der Waals surface area (Å²) >= 11 is 0. The van der Waals surface area contributed by atoms with Crippen LogP contribution in [0.5, 0.6) is 5.75 Å². The second-order valence-corrected chi connectivity index (χ2v) is 7.65. The Hall–Kier alpha value is -3.22. The van der Waals surface area contributed by atoms with Crippen LogP contribution in [0.25, 0.3) is 0 Å². The van der Waals surface area contributed by atoms with Crippen molar-refractivity contribution in [3.05, 3.63) is 53.7 Å². The summed E-state index contributed by atoms with van der Waals surface area (Å²) in [6.07, 6.45) is 2.18. The molecule has 7 nitrogen and oxygen atoms in total. The molecule has 1 N–H and O–H groups in total. The Morgan fingerprint density at radius 3 is 2.57 bits per heavy atom. The first-order valence-corrected chi connectivity index (χ1v) is 10.1. The number of hydrogen-bond donors (Lipinski definition) is 1. The number of Topliss-reactive ketones (excluding diaryl/α,β-unsaturated/α-hetero) is 1. The van der Waals surface area contributed by atoms with Gasteiger partial charge in [0, 0.05) is 30.8 Å². The number of ether oxygens (including phenoxy) is 1. The summed E-state index contributed by atoms with van der Waals surface area (Å²) in [5.41, 5.74) is 1.57. The number of nitrogens with one attached hydrogen (secondary N) is 1. The minimum atomic E-state index is -0.672. The zero-order chi connectivity index (χ0) is 21.7. The number of likely N-dealkylation sites (tertiary alicyclic amines) is 1. The van der Waals surface area contributed by atoms with E-state index in [1.165, 1.54) is 6.92 Å². The van der Waals surface area contributed by atoms with E-state index >= 15 is 0 Å². The number of ketones is 1. The summed E-state index contributed by atoms with van der Waals surface area (Å²) in [7, 11) is 0. The fourth-order valence-corrected chi connectivity index (χ4v) is 3.49. The van der Waals surface area contributed by atoms with Gasteiger partial charge in [0.25, 0.3) is 5.91 Å². The molecule has 1 aromatic heterocycles. The first-order valence-electron chi connectivity index (χ1n) is 10.1. The zero-order valence-corrected chi connectivity index (χ0v) is 17.6. The van der Waals surface area contributed by atoms with Crippen molar-refractivity contribution in [1.29, 1.82) is 0 Å². The quantitative estimate of drug-likeness (QED) is 0.740. The van der Waals surface area contributed by atoms with Crippen LogP contribution in [0.15, 0.2) is 42.6 Å². The summed E-state index contributed by atoms with van der Waals surface area (Å²) < 4.78 is 5.75. The largest absolute Gasteiger partial charge is 0.481 e. The summed E-state index contributed by atoms with van der Waals surface area (Å²) in [6.45, 7) is 6.13. The molecule has 1 fully saturated rings. The molecule has 0 radical (unpaired) electrons. The van der Waals surface area contributed by atoms with Gasteiger partial charge in [-0.25, -0.2) is 4.98 Å². The lowest BCUT2D eigenvalue weighted by atomic mass is 9.95. The van der Waals surface area contributed by atoms with Crippen LogP contribution in [-0.4, -0.2) is 46.7 Å². The average Bonchev–Trinajstić information content (AvgIpc) is 2.73. The lowest BCUT2D eigenvalue weighted by Gasteiger charge is -2.33. The zero-order valence-electron chi connectivity index (χ0n) is 17.6. The van der Waals surface area contributed by atoms with Crippen LogP contribution in [-0.2, 0) is 9.59 Å². The lowest BCUT2D eigenvalue weighted by Crippen LogP contribution is -2.46. The highest BCUT2D eigenvalue weighted by atomic mass is 16.5. The summed E-state index contributed by atoms with van der Waals surface area (Å²) in [6, 6.07) is 10.5. The van der Waals surface area contributed by atoms with Gasteiger partial charge in [-0.3, -0.25) is 14.4 Å². The number of benzene rings is 1. The number of nitrogens with zero attached hydrogens (tertiary/aromatic N) is 2. The number of pyridine rings is 1. The van der Waals surface area contributed by atoms with Gasteiger partial charge in [-0.05, 0) is 63.4 Å². The van der Waals surface area contributed by atoms with Gasteiger partial charge in [-0.15, -0.1) is 0 Å². The number of aryl methyl sites for hydroxylation is 1. The van der Waals surface area contributed by atoms with Crippen molar-refractivity contribution in [1.82, 2.24) is 9.88 Å². The van der Waals surface area contributed by atoms with E-state index in [0.29, 0.717) is 43.1 Å². The Labute approximate surface area is 176 Å². The van der Waals surface area contributed by atoms with Crippen LogP contribution >= 0.6 is 0 Å². The van der Waals surface area contributed by atoms with Crippen molar-refractivity contribution in [2.24, 2.45) is 5.92 Å². The molecule has 1 aliphatic rings. The van der Waals surface area contributed by atoms with Gasteiger partial charge in [0.05, 0.1) is 0 Å². The smallest absolute Gasteiger partial charge is 0.263 e. The number of carbonyl (C=O) groups is 3. The van der Waals surface area contributed by atoms with E-state index in [9.17, 15) is 14.4 Å². The van der Waals surface area contributed by atoms with E-state index in [1.807, 2.05) is 19.1 Å². The van der Waals surface area contributed by atoms with E-state index in [1.54, 1.807) is 42.3 Å². The Morgan fingerprint density at radius 2 is 1.90 bits per heavy atom. The Bertz CT molecular complexity index is 936. The van der Waals surface area contributed by atoms with Gasteiger partial charge >= 0.3 is 0 Å². The molecular formula is C23H27N3O4. The molecule has 7 heteroatoms. The highest BCUT2D eigenvalue weighted by Gasteiger charge is 2.30. The van der Waals surface area contributed by atoms with Crippen LogP contribution in [0.1, 0.15) is 42.6 Å². The Kier molecular flexibility index (Phi) is 6.82. The van der Waals surface area contributed by atoms with Crippen molar-refractivity contribution in [3.8, 4) is 5.75 Å². The molecule has 30 heavy (non-hydrogen) atoms. The minimum absolute atomic E-state index is 0.0550. The molecule has 1 aromatic carbocycles. The second kappa shape index (κ2) is 9.52. The topological polar surface area (TPSA) is 88.6 Å². The molecule has 0 saturated carbocycles. The predicted octanol–water partition coefficient (Wildman–Crippen LogP) is 3.24. The lowest BCUT2D eigenvalue weighted by molar-refractivity contribution is -0.140. The number of aromatic nitrogens is 1. The van der Waals surface area contributed by atoms with Crippen molar-refractivity contribution in [2.45, 2.75) is 39.7 Å². The van der Waals surface area contributed by atoms with Gasteiger partial charge in [0.1, 0.15) is 11.6 Å². The standard InChI is InChI=1S/C23H27N3O4/c1-15-7-10-24-21(13-15)25-22(28)18-8-11-26(12-9-18)23(29)17(3)30-20-6-4-5-19(14-20)16(2)27/h4-7,10,13-14,17-18H,8-9,11-12H2,1-3H3,(H,24,25,28). The number of piperidine rings is 1. The Morgan fingerprint density at radius 1 is 1.17 bits per heavy atom. The minimum Gasteiger partial charge on any atom is -0.481 e. The second-order valence-electron chi connectivity index (χ2n) is 7.65. The van der Waals surface area contributed by atoms with Crippen molar-refractivity contribution in [3.63, 3.8) is 0 Å². The monoisotopic (exact) mass is 409 g/mol. The van der Waals surface area contributed by atoms with Gasteiger partial charge < -0.3 is 15.0 Å². The van der Waals surface area contributed by atoms with Crippen LogP contribution in [0, 0.1) is 12.8 Å². The number of anilines is 1. The van der Waals surface area contributed by atoms with Gasteiger partial charge in [0.15, 0.2) is 11.9 Å². The molecule has 1 unspecified atom stereocenters. The molecule has 1 saturated heterocycles. The number of carbonyl (C=O) groups excluding carboxylic acids is 3. The third kappa shape index (κ3) is 5.43. The van der Waals surface area contributed by atoms with Crippen molar-refractivity contribution >= 4 is 23.4 Å². The van der Waals surface area contributed by atoms with Gasteiger partial charge in [-0.2, -0.15) is 0 Å². The maximum atomic E-state index is 12.7. The third-order valence-electron chi connectivity index (χ3n) is 5.25. The van der Waals surface area contributed by atoms with Crippen LogP contribution in [0.3, 0.4) is 0 Å². The molecule has 0 aliphatic carbocycles. The molecule has 1 aliphatic heterocycles. The molecular weight excluding hydrogens is 382 g/mol. The maximum Gasteiger partial charge on any atom is 0.263 e. The molecule has 158 valence electrons. The predicted molar refractivity (Wildman–Crippen MR) is 113 cm³/mol. The van der Waals surface area contributed by atoms with E-state index in [4.69, 9.17) is 4.74 Å². The van der Waals surface area contributed by atoms with E-state index in [0.717, 1.165) is 5.56 Å². The van der Waals surface area contributed by atoms with Gasteiger partial charge in [0.2, 0.25) is 5.91 Å². The van der Waals surface area contributed by atoms with Crippen LogP contribution in [0.4, 0.5) is 5.82 Å². The van der Waals surface area contributed by atoms with Crippen molar-refractivity contribution < 1.29 is 19.1 Å². The fraction of sp³-hybridized carbons (Fsp3) is 0.391. The highest BCUT2D eigenvalue weighted by Crippen LogP contribution is 2.21. The van der Waals surface area contributed by atoms with Gasteiger partial charge in [-0.1, -0.05) is 12.1 Å². The van der Waals surface area contributed by atoms with Crippen LogP contribution < -0.4 is 10.1 Å². The molecule has 2 aromatic rings.